The van der Waals surface area contributed by atoms with Gasteiger partial charge in [0.1, 0.15) is 11.5 Å². The molecule has 1 saturated carbocycles. The van der Waals surface area contributed by atoms with E-state index in [4.69, 9.17) is 4.98 Å². The van der Waals surface area contributed by atoms with E-state index in [0.29, 0.717) is 53.4 Å². The Morgan fingerprint density at radius 2 is 1.90 bits per heavy atom. The Hall–Kier alpha value is -3.51. The number of nitrogens with one attached hydrogen (secondary N) is 1. The molecule has 1 amide bonds. The van der Waals surface area contributed by atoms with Crippen LogP contribution in [0, 0.1) is 0 Å². The highest BCUT2D eigenvalue weighted by Gasteiger charge is 2.31. The van der Waals surface area contributed by atoms with Crippen LogP contribution >= 0.6 is 11.8 Å². The van der Waals surface area contributed by atoms with E-state index in [1.165, 1.54) is 34.9 Å². The largest absolute Gasteiger partial charge is 0.573 e. The van der Waals surface area contributed by atoms with Gasteiger partial charge in [-0.25, -0.2) is 4.98 Å². The Labute approximate surface area is 233 Å². The Bertz CT molecular complexity index is 1420. The zero-order valence-electron chi connectivity index (χ0n) is 21.6. The van der Waals surface area contributed by atoms with Gasteiger partial charge in [0.2, 0.25) is 5.91 Å². The van der Waals surface area contributed by atoms with Crippen molar-refractivity contribution in [2.24, 2.45) is 0 Å². The van der Waals surface area contributed by atoms with Crippen LogP contribution in [0.5, 0.6) is 11.5 Å². The van der Waals surface area contributed by atoms with Crippen LogP contribution in [0.4, 0.5) is 13.2 Å². The number of halogens is 3. The molecule has 12 heteroatoms. The summed E-state index contributed by atoms with van der Waals surface area (Å²) in [5.41, 5.74) is 1.99. The minimum atomic E-state index is -4.74. The lowest BCUT2D eigenvalue weighted by atomic mass is 10.0. The van der Waals surface area contributed by atoms with Gasteiger partial charge in [0.05, 0.1) is 23.5 Å². The van der Waals surface area contributed by atoms with Gasteiger partial charge < -0.3 is 20.1 Å². The molecule has 1 aromatic heterocycles. The molecule has 0 bridgehead atoms. The molecule has 2 heterocycles. The quantitative estimate of drug-likeness (QED) is 0.286. The number of nitrogens with zero attached hydrogens (tertiary/aromatic N) is 3. The first kappa shape index (κ1) is 28.0. The zero-order chi connectivity index (χ0) is 28.3. The smallest absolute Gasteiger partial charge is 0.506 e. The molecule has 2 aliphatic rings. The molecule has 5 rings (SSSR count). The molecule has 3 aromatic rings. The number of aromatic hydroxyl groups is 1. The normalized spacial score (nSPS) is 15.4. The fourth-order valence-corrected chi connectivity index (χ4v) is 5.96. The summed E-state index contributed by atoms with van der Waals surface area (Å²) in [5, 5.41) is 14.6. The highest BCUT2D eigenvalue weighted by molar-refractivity contribution is 7.99. The maximum absolute atomic E-state index is 13.7. The van der Waals surface area contributed by atoms with Gasteiger partial charge in [-0.2, -0.15) is 0 Å². The van der Waals surface area contributed by atoms with Crippen molar-refractivity contribution in [2.45, 2.75) is 62.0 Å². The lowest BCUT2D eigenvalue weighted by Crippen LogP contribution is -2.42. The Balaban J connectivity index is 1.23. The minimum Gasteiger partial charge on any atom is -0.506 e. The molecule has 1 aliphatic heterocycles. The number of ether oxygens (including phenoxy) is 1. The highest BCUT2D eigenvalue weighted by atomic mass is 32.2. The Kier molecular flexibility index (Phi) is 8.36. The number of fused-ring (bicyclic) bond motifs is 1. The summed E-state index contributed by atoms with van der Waals surface area (Å²) in [5.74, 6) is -0.422. The second-order valence-electron chi connectivity index (χ2n) is 9.80. The molecular formula is C28H29F3N4O4S. The maximum Gasteiger partial charge on any atom is 0.573 e. The number of benzene rings is 2. The summed E-state index contributed by atoms with van der Waals surface area (Å²) in [4.78, 5) is 33.2. The fourth-order valence-electron chi connectivity index (χ4n) is 4.65. The number of phenols is 1. The van der Waals surface area contributed by atoms with Gasteiger partial charge in [0.15, 0.2) is 5.16 Å². The predicted molar refractivity (Wildman–Crippen MR) is 144 cm³/mol. The number of aromatic nitrogens is 2. The molecule has 0 unspecified atom stereocenters. The van der Waals surface area contributed by atoms with Crippen molar-refractivity contribution in [1.82, 2.24) is 19.8 Å². The van der Waals surface area contributed by atoms with Crippen molar-refractivity contribution in [2.75, 3.05) is 13.1 Å². The average molecular weight is 575 g/mol. The van der Waals surface area contributed by atoms with Gasteiger partial charge in [0.25, 0.3) is 5.56 Å². The van der Waals surface area contributed by atoms with Crippen LogP contribution in [0.15, 0.2) is 58.5 Å². The van der Waals surface area contributed by atoms with Crippen molar-refractivity contribution in [3.05, 3.63) is 75.7 Å². The number of carbonyl (C=O) groups excluding carboxylic acids is 1. The van der Waals surface area contributed by atoms with E-state index in [2.05, 4.69) is 10.1 Å². The summed E-state index contributed by atoms with van der Waals surface area (Å²) in [6.07, 6.45) is -0.798. The molecule has 1 fully saturated rings. The predicted octanol–water partition coefficient (Wildman–Crippen LogP) is 4.55. The minimum absolute atomic E-state index is 0.0147. The van der Waals surface area contributed by atoms with E-state index in [1.807, 2.05) is 0 Å². The highest BCUT2D eigenvalue weighted by Crippen LogP contribution is 2.37. The third-order valence-electron chi connectivity index (χ3n) is 7.00. The van der Waals surface area contributed by atoms with Gasteiger partial charge >= 0.3 is 6.36 Å². The van der Waals surface area contributed by atoms with Crippen LogP contribution in [0.2, 0.25) is 0 Å². The number of para-hydroxylation sites is 2. The summed E-state index contributed by atoms with van der Waals surface area (Å²) >= 11 is 1.56. The number of phenolic OH excluding ortho intramolecular Hbond substituents is 1. The molecule has 0 spiro atoms. The van der Waals surface area contributed by atoms with E-state index < -0.39 is 6.36 Å². The monoisotopic (exact) mass is 574 g/mol. The number of amides is 1. The molecule has 0 radical (unpaired) electrons. The molecule has 0 saturated heterocycles. The lowest BCUT2D eigenvalue weighted by molar-refractivity contribution is -0.274. The Morgan fingerprint density at radius 3 is 2.58 bits per heavy atom. The van der Waals surface area contributed by atoms with Crippen molar-refractivity contribution < 1.29 is 27.8 Å². The maximum atomic E-state index is 13.7. The van der Waals surface area contributed by atoms with Crippen LogP contribution in [-0.2, 0) is 24.3 Å². The van der Waals surface area contributed by atoms with Crippen molar-refractivity contribution >= 4 is 17.7 Å². The fraction of sp³-hybridized carbons (Fsp3) is 0.393. The van der Waals surface area contributed by atoms with Crippen molar-refractivity contribution in [1.29, 1.82) is 0 Å². The number of rotatable bonds is 9. The topological polar surface area (TPSA) is 96.7 Å². The molecular weight excluding hydrogens is 545 g/mol. The second kappa shape index (κ2) is 11.9. The molecule has 212 valence electrons. The number of alkyl halides is 3. The first-order valence-electron chi connectivity index (χ1n) is 13.1. The standard InChI is InChI=1S/C28H29F3N4O4S/c29-28(30,31)39-19-10-8-18(9-11-19)16-32-14-12-25(37)34-15-13-22-21(17-34)26(38)35(23-6-1-2-7-24(23)36)27(33-22)40-20-4-3-5-20/h1-2,6-11,20,32,36H,3-5,12-17H2. The first-order chi connectivity index (χ1) is 19.2. The average Bonchev–Trinajstić information content (AvgIpc) is 2.89. The van der Waals surface area contributed by atoms with Crippen LogP contribution in [-0.4, -0.2) is 50.2 Å². The molecule has 1 aliphatic carbocycles. The summed E-state index contributed by atoms with van der Waals surface area (Å²) < 4.78 is 42.3. The molecule has 8 nitrogen and oxygen atoms in total. The molecule has 0 atom stereocenters. The van der Waals surface area contributed by atoms with E-state index in [0.717, 1.165) is 24.8 Å². The number of thioether (sulfide) groups is 1. The van der Waals surface area contributed by atoms with Gasteiger partial charge in [-0.1, -0.05) is 42.4 Å². The molecule has 40 heavy (non-hydrogen) atoms. The van der Waals surface area contributed by atoms with Crippen LogP contribution in [0.1, 0.15) is 42.5 Å². The van der Waals surface area contributed by atoms with Gasteiger partial charge in [-0.15, -0.1) is 13.2 Å². The third kappa shape index (κ3) is 6.61. The summed E-state index contributed by atoms with van der Waals surface area (Å²) in [6.45, 7) is 1.33. The first-order valence-corrected chi connectivity index (χ1v) is 14.0. The van der Waals surface area contributed by atoms with Crippen molar-refractivity contribution in [3.8, 4) is 17.2 Å². The van der Waals surface area contributed by atoms with E-state index in [9.17, 15) is 27.9 Å². The van der Waals surface area contributed by atoms with Crippen LogP contribution < -0.4 is 15.6 Å². The number of hydrogen-bond acceptors (Lipinski definition) is 7. The number of carbonyl (C=O) groups is 1. The van der Waals surface area contributed by atoms with E-state index in [1.54, 1.807) is 34.9 Å². The zero-order valence-corrected chi connectivity index (χ0v) is 22.4. The van der Waals surface area contributed by atoms with Crippen molar-refractivity contribution in [3.63, 3.8) is 0 Å². The van der Waals surface area contributed by atoms with Crippen LogP contribution in [0.3, 0.4) is 0 Å². The molecule has 2 N–H and O–H groups in total. The Morgan fingerprint density at radius 1 is 1.15 bits per heavy atom. The SMILES string of the molecule is O=C(CCNCc1ccc(OC(F)(F)F)cc1)N1CCc2nc(SC3CCC3)n(-c3ccccc3O)c(=O)c2C1. The number of hydrogen-bond donors (Lipinski definition) is 2. The third-order valence-corrected chi connectivity index (χ3v) is 8.29. The second-order valence-corrected chi connectivity index (χ2v) is 11.1. The summed E-state index contributed by atoms with van der Waals surface area (Å²) in [7, 11) is 0. The lowest BCUT2D eigenvalue weighted by Gasteiger charge is -2.30. The van der Waals surface area contributed by atoms with Gasteiger partial charge in [0, 0.05) is 37.7 Å². The van der Waals surface area contributed by atoms with E-state index >= 15 is 0 Å². The van der Waals surface area contributed by atoms with Gasteiger partial charge in [-0.05, 0) is 42.7 Å². The van der Waals surface area contributed by atoms with E-state index in [-0.39, 0.29) is 35.9 Å². The van der Waals surface area contributed by atoms with Crippen LogP contribution in [0.25, 0.3) is 5.69 Å². The molecule has 2 aromatic carbocycles. The van der Waals surface area contributed by atoms with Gasteiger partial charge in [-0.3, -0.25) is 14.2 Å². The summed E-state index contributed by atoms with van der Waals surface area (Å²) in [6, 6.07) is 12.2.